The Kier molecular flexibility index (Phi) is 3.97. The quantitative estimate of drug-likeness (QED) is 0.871. The molecule has 2 unspecified atom stereocenters. The van der Waals surface area contributed by atoms with Crippen LogP contribution >= 0.6 is 23.2 Å². The predicted octanol–water partition coefficient (Wildman–Crippen LogP) is 2.95. The van der Waals surface area contributed by atoms with E-state index < -0.39 is 0 Å². The first kappa shape index (κ1) is 12.7. The van der Waals surface area contributed by atoms with Crippen molar-refractivity contribution in [1.82, 2.24) is 4.98 Å². The van der Waals surface area contributed by atoms with Crippen LogP contribution in [0.4, 0.5) is 11.6 Å². The number of aromatic nitrogens is 1. The molecule has 17 heavy (non-hydrogen) atoms. The normalized spacial score (nSPS) is 24.6. The average molecular weight is 276 g/mol. The van der Waals surface area contributed by atoms with Crippen molar-refractivity contribution in [2.45, 2.75) is 31.9 Å². The molecule has 2 rings (SSSR count). The van der Waals surface area contributed by atoms with Gasteiger partial charge >= 0.3 is 0 Å². The Balaban J connectivity index is 2.10. The highest BCUT2D eigenvalue weighted by Gasteiger charge is 2.20. The Morgan fingerprint density at radius 1 is 1.47 bits per heavy atom. The molecule has 0 amide bonds. The van der Waals surface area contributed by atoms with Crippen LogP contribution in [-0.2, 0) is 4.74 Å². The first-order chi connectivity index (χ1) is 8.06. The molecule has 0 bridgehead atoms. The van der Waals surface area contributed by atoms with Crippen LogP contribution < -0.4 is 11.1 Å². The Hall–Kier alpha value is -0.710. The van der Waals surface area contributed by atoms with Crippen molar-refractivity contribution in [1.29, 1.82) is 0 Å². The molecular formula is C11H15Cl2N3O. The van der Waals surface area contributed by atoms with Gasteiger partial charge in [0.2, 0.25) is 0 Å². The number of rotatable bonds is 2. The van der Waals surface area contributed by atoms with E-state index in [0.29, 0.717) is 27.7 Å². The lowest BCUT2D eigenvalue weighted by molar-refractivity contribution is 0.0232. The molecular weight excluding hydrogens is 261 g/mol. The van der Waals surface area contributed by atoms with Gasteiger partial charge in [-0.25, -0.2) is 4.98 Å². The summed E-state index contributed by atoms with van der Waals surface area (Å²) in [5.74, 6) is 0.881. The number of pyridine rings is 1. The Morgan fingerprint density at radius 3 is 2.94 bits per heavy atom. The third-order valence-corrected chi connectivity index (χ3v) is 3.37. The van der Waals surface area contributed by atoms with E-state index in [1.165, 1.54) is 0 Å². The van der Waals surface area contributed by atoms with Crippen molar-refractivity contribution in [3.63, 3.8) is 0 Å². The van der Waals surface area contributed by atoms with Crippen LogP contribution in [0.3, 0.4) is 0 Å². The van der Waals surface area contributed by atoms with E-state index in [1.807, 2.05) is 0 Å². The monoisotopic (exact) mass is 275 g/mol. The molecule has 1 aromatic heterocycles. The van der Waals surface area contributed by atoms with Gasteiger partial charge in [0.15, 0.2) is 0 Å². The van der Waals surface area contributed by atoms with Gasteiger partial charge in [-0.2, -0.15) is 0 Å². The minimum Gasteiger partial charge on any atom is -0.382 e. The van der Waals surface area contributed by atoms with E-state index in [2.05, 4.69) is 17.2 Å². The molecule has 0 saturated carbocycles. The van der Waals surface area contributed by atoms with Crippen LogP contribution in [0.15, 0.2) is 6.07 Å². The first-order valence-corrected chi connectivity index (χ1v) is 6.31. The van der Waals surface area contributed by atoms with Gasteiger partial charge in [-0.3, -0.25) is 0 Å². The second-order valence-electron chi connectivity index (χ2n) is 4.23. The summed E-state index contributed by atoms with van der Waals surface area (Å²) in [6, 6.07) is 1.92. The Labute approximate surface area is 110 Å². The molecule has 2 heterocycles. The summed E-state index contributed by atoms with van der Waals surface area (Å²) in [5.41, 5.74) is 5.66. The van der Waals surface area contributed by atoms with E-state index in [9.17, 15) is 0 Å². The number of nitrogens with one attached hydrogen (secondary N) is 1. The Bertz CT molecular complexity index is 414. The molecule has 1 aliphatic rings. The van der Waals surface area contributed by atoms with Gasteiger partial charge in [0.1, 0.15) is 11.6 Å². The zero-order valence-electron chi connectivity index (χ0n) is 9.54. The largest absolute Gasteiger partial charge is 0.382 e. The third-order valence-electron chi connectivity index (χ3n) is 2.78. The molecule has 0 spiro atoms. The highest BCUT2D eigenvalue weighted by molar-refractivity contribution is 6.37. The predicted molar refractivity (Wildman–Crippen MR) is 70.7 cm³/mol. The maximum atomic E-state index is 6.06. The second kappa shape index (κ2) is 5.29. The fraction of sp³-hybridized carbons (Fsp3) is 0.545. The number of nitrogen functional groups attached to an aromatic ring is 1. The summed E-state index contributed by atoms with van der Waals surface area (Å²) < 4.78 is 5.48. The smallest absolute Gasteiger partial charge is 0.147 e. The van der Waals surface area contributed by atoms with E-state index >= 15 is 0 Å². The fourth-order valence-corrected chi connectivity index (χ4v) is 2.32. The summed E-state index contributed by atoms with van der Waals surface area (Å²) >= 11 is 11.9. The molecule has 2 atom stereocenters. The van der Waals surface area contributed by atoms with Crippen molar-refractivity contribution >= 4 is 34.8 Å². The van der Waals surface area contributed by atoms with Crippen molar-refractivity contribution in [3.8, 4) is 0 Å². The maximum Gasteiger partial charge on any atom is 0.147 e. The molecule has 1 fully saturated rings. The molecule has 1 aliphatic heterocycles. The number of halogens is 2. The van der Waals surface area contributed by atoms with Crippen LogP contribution in [-0.4, -0.2) is 23.7 Å². The number of nitrogens with zero attached hydrogens (tertiary/aromatic N) is 1. The third kappa shape index (κ3) is 3.15. The van der Waals surface area contributed by atoms with Crippen LogP contribution in [0.1, 0.15) is 19.8 Å². The SMILES string of the molecule is CC1CC(Nc2nc(N)c(Cl)cc2Cl)CCO1. The lowest BCUT2D eigenvalue weighted by atomic mass is 10.0. The maximum absolute atomic E-state index is 6.06. The van der Waals surface area contributed by atoms with E-state index in [4.69, 9.17) is 33.7 Å². The molecule has 4 nitrogen and oxygen atoms in total. The zero-order chi connectivity index (χ0) is 12.4. The number of ether oxygens (including phenoxy) is 1. The molecule has 0 aromatic carbocycles. The average Bonchev–Trinajstić information content (AvgIpc) is 2.26. The van der Waals surface area contributed by atoms with Gasteiger partial charge in [-0.15, -0.1) is 0 Å². The summed E-state index contributed by atoms with van der Waals surface area (Å²) in [6.45, 7) is 2.80. The summed E-state index contributed by atoms with van der Waals surface area (Å²) in [6.07, 6.45) is 2.12. The zero-order valence-corrected chi connectivity index (χ0v) is 11.1. The fourth-order valence-electron chi connectivity index (χ4n) is 1.90. The molecule has 1 aromatic rings. The lowest BCUT2D eigenvalue weighted by Crippen LogP contribution is -2.32. The van der Waals surface area contributed by atoms with Gasteiger partial charge in [-0.05, 0) is 25.8 Å². The van der Waals surface area contributed by atoms with Crippen molar-refractivity contribution in [3.05, 3.63) is 16.1 Å². The second-order valence-corrected chi connectivity index (χ2v) is 5.05. The van der Waals surface area contributed by atoms with E-state index in [1.54, 1.807) is 6.07 Å². The molecule has 94 valence electrons. The van der Waals surface area contributed by atoms with Gasteiger partial charge in [0.25, 0.3) is 0 Å². The summed E-state index contributed by atoms with van der Waals surface area (Å²) in [7, 11) is 0. The van der Waals surface area contributed by atoms with Gasteiger partial charge in [0.05, 0.1) is 16.1 Å². The molecule has 0 aliphatic carbocycles. The lowest BCUT2D eigenvalue weighted by Gasteiger charge is -2.28. The van der Waals surface area contributed by atoms with E-state index in [-0.39, 0.29) is 6.10 Å². The number of hydrogen-bond acceptors (Lipinski definition) is 4. The summed E-state index contributed by atoms with van der Waals surface area (Å²) in [5, 5.41) is 4.15. The van der Waals surface area contributed by atoms with Crippen LogP contribution in [0.5, 0.6) is 0 Å². The van der Waals surface area contributed by atoms with Crippen LogP contribution in [0.25, 0.3) is 0 Å². The van der Waals surface area contributed by atoms with E-state index in [0.717, 1.165) is 19.4 Å². The molecule has 1 saturated heterocycles. The minimum absolute atomic E-state index is 0.254. The number of hydrogen-bond donors (Lipinski definition) is 2. The minimum atomic E-state index is 0.254. The molecule has 3 N–H and O–H groups in total. The highest BCUT2D eigenvalue weighted by Crippen LogP contribution is 2.29. The Morgan fingerprint density at radius 2 is 2.24 bits per heavy atom. The summed E-state index contributed by atoms with van der Waals surface area (Å²) in [4.78, 5) is 4.15. The van der Waals surface area contributed by atoms with Crippen LogP contribution in [0.2, 0.25) is 10.0 Å². The standard InChI is InChI=1S/C11H15Cl2N3O/c1-6-4-7(2-3-17-6)15-11-9(13)5-8(12)10(14)16-11/h5-7H,2-4H2,1H3,(H3,14,15,16). The highest BCUT2D eigenvalue weighted by atomic mass is 35.5. The number of anilines is 2. The van der Waals surface area contributed by atoms with Crippen molar-refractivity contribution in [2.24, 2.45) is 0 Å². The molecule has 6 heteroatoms. The van der Waals surface area contributed by atoms with Crippen molar-refractivity contribution in [2.75, 3.05) is 17.7 Å². The first-order valence-electron chi connectivity index (χ1n) is 5.56. The van der Waals surface area contributed by atoms with Crippen molar-refractivity contribution < 1.29 is 4.74 Å². The van der Waals surface area contributed by atoms with Gasteiger partial charge < -0.3 is 15.8 Å². The topological polar surface area (TPSA) is 60.2 Å². The van der Waals surface area contributed by atoms with Gasteiger partial charge in [-0.1, -0.05) is 23.2 Å². The van der Waals surface area contributed by atoms with Crippen LogP contribution in [0, 0.1) is 0 Å². The molecule has 0 radical (unpaired) electrons. The van der Waals surface area contributed by atoms with Gasteiger partial charge in [0, 0.05) is 12.6 Å². The number of nitrogens with two attached hydrogens (primary N) is 1.